The molecule has 0 saturated carbocycles. The van der Waals surface area contributed by atoms with Crippen LogP contribution in [0.15, 0.2) is 29.2 Å². The molecular weight excluding hydrogens is 409 g/mol. The van der Waals surface area contributed by atoms with Crippen LogP contribution in [0.4, 0.5) is 0 Å². The lowest BCUT2D eigenvalue weighted by atomic mass is 9.85. The number of alkyl halides is 2. The minimum Gasteiger partial charge on any atom is -0.207 e. The Balaban J connectivity index is 2.36. The Bertz CT molecular complexity index is 580. The van der Waals surface area contributed by atoms with E-state index in [0.717, 1.165) is 12.0 Å². The van der Waals surface area contributed by atoms with Gasteiger partial charge in [0.25, 0.3) is 0 Å². The lowest BCUT2D eigenvalue weighted by molar-refractivity contribution is 0.185. The largest absolute Gasteiger partial charge is 0.243 e. The van der Waals surface area contributed by atoms with E-state index in [1.54, 1.807) is 12.1 Å². The van der Waals surface area contributed by atoms with Crippen LogP contribution in [-0.4, -0.2) is 28.7 Å². The molecule has 0 aliphatic carbocycles. The van der Waals surface area contributed by atoms with E-state index in [1.165, 1.54) is 4.31 Å². The second kappa shape index (κ2) is 5.41. The molecule has 0 amide bonds. The maximum Gasteiger partial charge on any atom is 0.243 e. The van der Waals surface area contributed by atoms with Crippen molar-refractivity contribution in [3.8, 4) is 0 Å². The number of benzene rings is 1. The zero-order valence-corrected chi connectivity index (χ0v) is 15.6. The van der Waals surface area contributed by atoms with Crippen molar-refractivity contribution in [2.45, 2.75) is 35.0 Å². The van der Waals surface area contributed by atoms with Crippen LogP contribution in [0.2, 0.25) is 0 Å². The normalized spacial score (nSPS) is 27.4. The predicted molar refractivity (Wildman–Crippen MR) is 90.9 cm³/mol. The minimum atomic E-state index is -3.48. The van der Waals surface area contributed by atoms with E-state index in [0.29, 0.717) is 18.0 Å². The molecule has 0 spiro atoms. The van der Waals surface area contributed by atoms with Crippen molar-refractivity contribution < 1.29 is 8.42 Å². The van der Waals surface area contributed by atoms with Crippen molar-refractivity contribution >= 4 is 44.2 Å². The maximum atomic E-state index is 12.7. The number of aryl methyl sites for hydroxylation is 1. The van der Waals surface area contributed by atoms with Gasteiger partial charge in [-0.15, -0.1) is 11.6 Å². The van der Waals surface area contributed by atoms with Crippen molar-refractivity contribution in [2.75, 3.05) is 13.1 Å². The average molecular weight is 428 g/mol. The molecule has 1 heterocycles. The van der Waals surface area contributed by atoms with Crippen LogP contribution in [0.5, 0.6) is 0 Å². The van der Waals surface area contributed by atoms with Crippen LogP contribution >= 0.6 is 34.2 Å². The Hall–Kier alpha value is 0.150. The molecule has 0 aromatic heterocycles. The van der Waals surface area contributed by atoms with E-state index in [4.69, 9.17) is 11.6 Å². The number of piperidine rings is 1. The van der Waals surface area contributed by atoms with E-state index < -0.39 is 12.9 Å². The van der Waals surface area contributed by atoms with Crippen molar-refractivity contribution in [3.05, 3.63) is 29.8 Å². The fourth-order valence-electron chi connectivity index (χ4n) is 2.63. The van der Waals surface area contributed by atoms with Gasteiger partial charge in [-0.3, -0.25) is 0 Å². The molecule has 1 aromatic rings. The van der Waals surface area contributed by atoms with Gasteiger partial charge in [0.1, 0.15) is 2.88 Å². The molecule has 2 rings (SSSR count). The molecule has 1 saturated heterocycles. The molecule has 1 aliphatic heterocycles. The summed E-state index contributed by atoms with van der Waals surface area (Å²) in [7, 11) is -3.48. The first-order chi connectivity index (χ1) is 9.02. The predicted octanol–water partition coefficient (Wildman–Crippen LogP) is 3.79. The van der Waals surface area contributed by atoms with Crippen molar-refractivity contribution in [3.63, 3.8) is 0 Å². The molecular formula is C14H19ClINO2S. The fraction of sp³-hybridized carbons (Fsp3) is 0.571. The molecule has 3 nitrogen and oxygen atoms in total. The lowest BCUT2D eigenvalue weighted by Gasteiger charge is -2.43. The molecule has 6 heteroatoms. The van der Waals surface area contributed by atoms with E-state index in [-0.39, 0.29) is 5.41 Å². The molecule has 0 N–H and O–H groups in total. The second-order valence-corrected chi connectivity index (χ2v) is 11.6. The van der Waals surface area contributed by atoms with Gasteiger partial charge in [0, 0.05) is 13.1 Å². The van der Waals surface area contributed by atoms with Crippen LogP contribution in [0.1, 0.15) is 25.8 Å². The highest BCUT2D eigenvalue weighted by molar-refractivity contribution is 14.1. The lowest BCUT2D eigenvalue weighted by Crippen LogP contribution is -2.51. The van der Waals surface area contributed by atoms with Gasteiger partial charge in [0.15, 0.2) is 0 Å². The van der Waals surface area contributed by atoms with Gasteiger partial charge < -0.3 is 0 Å². The van der Waals surface area contributed by atoms with E-state index in [1.807, 2.05) is 19.1 Å². The Morgan fingerprint density at radius 1 is 1.20 bits per heavy atom. The summed E-state index contributed by atoms with van der Waals surface area (Å²) in [6.45, 7) is 6.89. The summed E-state index contributed by atoms with van der Waals surface area (Å²) in [5.41, 5.74) is 0.919. The topological polar surface area (TPSA) is 37.4 Å². The van der Waals surface area contributed by atoms with Gasteiger partial charge in [-0.2, -0.15) is 4.31 Å². The molecule has 112 valence electrons. The van der Waals surface area contributed by atoms with Crippen molar-refractivity contribution in [1.82, 2.24) is 4.31 Å². The molecule has 0 radical (unpaired) electrons. The number of nitrogens with zero attached hydrogens (tertiary/aromatic N) is 1. The third-order valence-electron chi connectivity index (χ3n) is 3.41. The highest BCUT2D eigenvalue weighted by Gasteiger charge is 2.44. The van der Waals surface area contributed by atoms with Gasteiger partial charge in [-0.1, -0.05) is 54.1 Å². The van der Waals surface area contributed by atoms with Crippen LogP contribution in [0, 0.1) is 12.3 Å². The summed E-state index contributed by atoms with van der Waals surface area (Å²) in [4.78, 5) is 0.338. The van der Waals surface area contributed by atoms with E-state index >= 15 is 0 Å². The quantitative estimate of drug-likeness (QED) is 0.532. The molecule has 1 fully saturated rings. The molecule has 1 atom stereocenters. The van der Waals surface area contributed by atoms with E-state index in [2.05, 4.69) is 36.4 Å². The Morgan fingerprint density at radius 2 is 1.75 bits per heavy atom. The van der Waals surface area contributed by atoms with Crippen LogP contribution < -0.4 is 0 Å². The van der Waals surface area contributed by atoms with Gasteiger partial charge in [0.05, 0.1) is 4.90 Å². The van der Waals surface area contributed by atoms with Crippen molar-refractivity contribution in [2.24, 2.45) is 5.41 Å². The first-order valence-electron chi connectivity index (χ1n) is 6.47. The zero-order valence-electron chi connectivity index (χ0n) is 11.9. The van der Waals surface area contributed by atoms with Gasteiger partial charge in [-0.25, -0.2) is 8.42 Å². The smallest absolute Gasteiger partial charge is 0.207 e. The van der Waals surface area contributed by atoms with Crippen molar-refractivity contribution in [1.29, 1.82) is 0 Å². The summed E-state index contributed by atoms with van der Waals surface area (Å²) in [5.74, 6) is 0. The Morgan fingerprint density at radius 3 is 2.25 bits per heavy atom. The second-order valence-electron chi connectivity index (χ2n) is 6.28. The molecule has 1 aromatic carbocycles. The average Bonchev–Trinajstić information content (AvgIpc) is 2.25. The summed E-state index contributed by atoms with van der Waals surface area (Å²) >= 11 is 8.61. The fourth-order valence-corrected chi connectivity index (χ4v) is 6.57. The van der Waals surface area contributed by atoms with Crippen LogP contribution in [0.3, 0.4) is 0 Å². The number of halogens is 2. The summed E-state index contributed by atoms with van der Waals surface area (Å²) in [6, 6.07) is 6.96. The monoisotopic (exact) mass is 427 g/mol. The first kappa shape index (κ1) is 16.5. The summed E-state index contributed by atoms with van der Waals surface area (Å²) < 4.78 is 26.4. The number of sulfonamides is 1. The summed E-state index contributed by atoms with van der Waals surface area (Å²) in [6.07, 6.45) is 0.794. The van der Waals surface area contributed by atoms with Gasteiger partial charge in [-0.05, 0) is 30.9 Å². The zero-order chi connectivity index (χ0) is 15.2. The maximum absolute atomic E-state index is 12.7. The molecule has 1 aliphatic rings. The van der Waals surface area contributed by atoms with Crippen LogP contribution in [0.25, 0.3) is 0 Å². The first-order valence-corrected chi connectivity index (χ1v) is 9.36. The third kappa shape index (κ3) is 3.67. The standard InChI is InChI=1S/C14H19ClINO2S/c1-11-4-6-12(7-5-11)20(18,19)17-9-13(2,3)8-14(15,16)10-17/h4-7H,8-10H2,1-3H3. The van der Waals surface area contributed by atoms with Gasteiger partial charge in [0.2, 0.25) is 10.0 Å². The van der Waals surface area contributed by atoms with E-state index in [9.17, 15) is 8.42 Å². The molecule has 20 heavy (non-hydrogen) atoms. The summed E-state index contributed by atoms with van der Waals surface area (Å²) in [5, 5.41) is 0. The molecule has 0 bridgehead atoms. The SMILES string of the molecule is Cc1ccc(S(=O)(=O)N2CC(C)(C)CC(Cl)(I)C2)cc1. The van der Waals surface area contributed by atoms with Crippen LogP contribution in [-0.2, 0) is 10.0 Å². The Kier molecular flexibility index (Phi) is 4.47. The third-order valence-corrected chi connectivity index (χ3v) is 6.19. The highest BCUT2D eigenvalue weighted by atomic mass is 127. The molecule has 1 unspecified atom stereocenters. The Labute approximate surface area is 139 Å². The highest BCUT2D eigenvalue weighted by Crippen LogP contribution is 2.44. The minimum absolute atomic E-state index is 0.126. The number of hydrogen-bond acceptors (Lipinski definition) is 2. The number of rotatable bonds is 2. The van der Waals surface area contributed by atoms with Gasteiger partial charge >= 0.3 is 0 Å². The number of hydrogen-bond donors (Lipinski definition) is 0.